The molecule has 0 saturated carbocycles. The lowest BCUT2D eigenvalue weighted by Crippen LogP contribution is -2.34. The molecule has 3 rings (SSSR count). The molecule has 166 valence electrons. The summed E-state index contributed by atoms with van der Waals surface area (Å²) in [6, 6.07) is 10.8. The molecular formula is C27H34O4. The van der Waals surface area contributed by atoms with Gasteiger partial charge in [0, 0.05) is 5.56 Å². The van der Waals surface area contributed by atoms with Gasteiger partial charge in [0.1, 0.15) is 5.75 Å². The van der Waals surface area contributed by atoms with E-state index in [-0.39, 0.29) is 16.6 Å². The molecule has 4 heteroatoms. The average Bonchev–Trinajstić information content (AvgIpc) is 2.76. The molecule has 0 atom stereocenters. The number of hydrogen-bond donors (Lipinski definition) is 0. The topological polar surface area (TPSA) is 52.6 Å². The lowest BCUT2D eigenvalue weighted by atomic mass is 9.62. The highest BCUT2D eigenvalue weighted by atomic mass is 16.5. The van der Waals surface area contributed by atoms with Crippen molar-refractivity contribution in [3.63, 3.8) is 0 Å². The van der Waals surface area contributed by atoms with Crippen molar-refractivity contribution in [3.05, 3.63) is 64.2 Å². The van der Waals surface area contributed by atoms with Gasteiger partial charge < -0.3 is 9.47 Å². The second-order valence-electron chi connectivity index (χ2n) is 9.76. The van der Waals surface area contributed by atoms with E-state index in [0.717, 1.165) is 25.7 Å². The van der Waals surface area contributed by atoms with Gasteiger partial charge in [0.15, 0.2) is 5.78 Å². The molecule has 0 fully saturated rings. The summed E-state index contributed by atoms with van der Waals surface area (Å²) >= 11 is 0. The van der Waals surface area contributed by atoms with Crippen LogP contribution in [0.1, 0.15) is 97.7 Å². The van der Waals surface area contributed by atoms with Gasteiger partial charge in [-0.15, -0.1) is 0 Å². The zero-order valence-corrected chi connectivity index (χ0v) is 19.6. The summed E-state index contributed by atoms with van der Waals surface area (Å²) in [5, 5.41) is 0. The van der Waals surface area contributed by atoms with Crippen molar-refractivity contribution in [2.24, 2.45) is 0 Å². The van der Waals surface area contributed by atoms with Crippen LogP contribution in [0.15, 0.2) is 36.4 Å². The Hall–Kier alpha value is -2.62. The number of unbranched alkanes of at least 4 members (excludes halogenated alkanes) is 1. The minimum absolute atomic E-state index is 0.00340. The Kier molecular flexibility index (Phi) is 6.59. The van der Waals surface area contributed by atoms with Gasteiger partial charge in [0.2, 0.25) is 0 Å². The first-order valence-corrected chi connectivity index (χ1v) is 11.2. The monoisotopic (exact) mass is 422 g/mol. The number of hydrogen-bond acceptors (Lipinski definition) is 4. The van der Waals surface area contributed by atoms with E-state index in [1.54, 1.807) is 24.3 Å². The molecule has 0 aromatic heterocycles. The number of ketones is 1. The number of ether oxygens (including phenoxy) is 2. The van der Waals surface area contributed by atoms with Crippen molar-refractivity contribution in [2.45, 2.75) is 71.1 Å². The standard InChI is InChI=1S/C27H34O4/c1-7-8-15-31-23-17-22-21(26(2,3)13-14-27(22,4)5)16-20(23)24(28)18-9-11-19(12-10-18)25(29)30-6/h9-12,16-17H,7-8,13-15H2,1-6H3. The van der Waals surface area contributed by atoms with Crippen molar-refractivity contribution in [3.8, 4) is 5.75 Å². The molecule has 0 heterocycles. The first-order chi connectivity index (χ1) is 14.6. The smallest absolute Gasteiger partial charge is 0.337 e. The predicted molar refractivity (Wildman–Crippen MR) is 123 cm³/mol. The van der Waals surface area contributed by atoms with E-state index in [1.807, 2.05) is 6.07 Å². The number of fused-ring (bicyclic) bond motifs is 1. The third-order valence-corrected chi connectivity index (χ3v) is 6.52. The van der Waals surface area contributed by atoms with E-state index >= 15 is 0 Å². The first-order valence-electron chi connectivity index (χ1n) is 11.2. The van der Waals surface area contributed by atoms with Gasteiger partial charge in [-0.05, 0) is 65.5 Å². The molecule has 0 saturated heterocycles. The van der Waals surface area contributed by atoms with Crippen LogP contribution in [-0.2, 0) is 15.6 Å². The summed E-state index contributed by atoms with van der Waals surface area (Å²) in [7, 11) is 1.34. The van der Waals surface area contributed by atoms with Crippen molar-refractivity contribution in [1.29, 1.82) is 0 Å². The van der Waals surface area contributed by atoms with Crippen LogP contribution in [0.5, 0.6) is 5.75 Å². The highest BCUT2D eigenvalue weighted by molar-refractivity contribution is 6.11. The Morgan fingerprint density at radius 1 is 0.903 bits per heavy atom. The van der Waals surface area contributed by atoms with Crippen LogP contribution in [0.25, 0.3) is 0 Å². The van der Waals surface area contributed by atoms with Crippen LogP contribution in [0.2, 0.25) is 0 Å². The zero-order chi connectivity index (χ0) is 22.8. The van der Waals surface area contributed by atoms with E-state index < -0.39 is 5.97 Å². The second kappa shape index (κ2) is 8.86. The fourth-order valence-corrected chi connectivity index (χ4v) is 4.25. The van der Waals surface area contributed by atoms with Crippen molar-refractivity contribution >= 4 is 11.8 Å². The molecule has 0 amide bonds. The normalized spacial score (nSPS) is 16.3. The highest BCUT2D eigenvalue weighted by Gasteiger charge is 2.38. The maximum Gasteiger partial charge on any atom is 0.337 e. The summed E-state index contributed by atoms with van der Waals surface area (Å²) in [6.45, 7) is 11.7. The summed E-state index contributed by atoms with van der Waals surface area (Å²) in [5.74, 6) is 0.144. The van der Waals surface area contributed by atoms with E-state index in [9.17, 15) is 9.59 Å². The molecule has 31 heavy (non-hydrogen) atoms. The van der Waals surface area contributed by atoms with Crippen molar-refractivity contribution < 1.29 is 19.1 Å². The number of esters is 1. The largest absolute Gasteiger partial charge is 0.493 e. The van der Waals surface area contributed by atoms with Crippen molar-refractivity contribution in [2.75, 3.05) is 13.7 Å². The summed E-state index contributed by atoms with van der Waals surface area (Å²) in [5.41, 5.74) is 4.07. The van der Waals surface area contributed by atoms with Crippen LogP contribution >= 0.6 is 0 Å². The molecule has 0 spiro atoms. The molecule has 2 aromatic carbocycles. The van der Waals surface area contributed by atoms with Gasteiger partial charge >= 0.3 is 5.97 Å². The van der Waals surface area contributed by atoms with E-state index in [4.69, 9.17) is 9.47 Å². The molecular weight excluding hydrogens is 388 g/mol. The number of methoxy groups -OCH3 is 1. The molecule has 0 N–H and O–H groups in total. The first kappa shape index (κ1) is 23.1. The van der Waals surface area contributed by atoms with Gasteiger partial charge in [-0.2, -0.15) is 0 Å². The van der Waals surface area contributed by atoms with E-state index in [1.165, 1.54) is 18.2 Å². The Morgan fingerprint density at radius 2 is 1.45 bits per heavy atom. The van der Waals surface area contributed by atoms with Crippen LogP contribution in [0.4, 0.5) is 0 Å². The molecule has 0 unspecified atom stereocenters. The molecule has 1 aliphatic carbocycles. The summed E-state index contributed by atoms with van der Waals surface area (Å²) in [6.07, 6.45) is 4.14. The van der Waals surface area contributed by atoms with Crippen LogP contribution < -0.4 is 4.74 Å². The Bertz CT molecular complexity index is 967. The average molecular weight is 423 g/mol. The fourth-order valence-electron chi connectivity index (χ4n) is 4.25. The van der Waals surface area contributed by atoms with E-state index in [0.29, 0.717) is 29.0 Å². The van der Waals surface area contributed by atoms with Gasteiger partial charge in [0.05, 0.1) is 24.8 Å². The Labute approximate surface area is 186 Å². The van der Waals surface area contributed by atoms with Gasteiger partial charge in [0.25, 0.3) is 0 Å². The fraction of sp³-hybridized carbons (Fsp3) is 0.481. The van der Waals surface area contributed by atoms with Crippen LogP contribution in [0, 0.1) is 0 Å². The third-order valence-electron chi connectivity index (χ3n) is 6.52. The molecule has 4 nitrogen and oxygen atoms in total. The quantitative estimate of drug-likeness (QED) is 0.301. The Morgan fingerprint density at radius 3 is 2.00 bits per heavy atom. The lowest BCUT2D eigenvalue weighted by molar-refractivity contribution is 0.0600. The molecule has 0 radical (unpaired) electrons. The highest BCUT2D eigenvalue weighted by Crippen LogP contribution is 2.48. The van der Waals surface area contributed by atoms with Crippen LogP contribution in [-0.4, -0.2) is 25.5 Å². The Balaban J connectivity index is 2.08. The number of carbonyl (C=O) groups is 2. The number of rotatable bonds is 7. The summed E-state index contributed by atoms with van der Waals surface area (Å²) < 4.78 is 10.9. The third kappa shape index (κ3) is 4.68. The van der Waals surface area contributed by atoms with Gasteiger partial charge in [-0.25, -0.2) is 4.79 Å². The number of carbonyl (C=O) groups excluding carboxylic acids is 2. The number of benzene rings is 2. The van der Waals surface area contributed by atoms with Gasteiger partial charge in [-0.3, -0.25) is 4.79 Å². The van der Waals surface area contributed by atoms with Crippen LogP contribution in [0.3, 0.4) is 0 Å². The lowest BCUT2D eigenvalue weighted by Gasteiger charge is -2.42. The minimum Gasteiger partial charge on any atom is -0.493 e. The van der Waals surface area contributed by atoms with Gasteiger partial charge in [-0.1, -0.05) is 53.2 Å². The zero-order valence-electron chi connectivity index (χ0n) is 19.6. The molecule has 0 aliphatic heterocycles. The maximum absolute atomic E-state index is 13.5. The minimum atomic E-state index is -0.416. The predicted octanol–water partition coefficient (Wildman–Crippen LogP) is 6.23. The molecule has 0 bridgehead atoms. The van der Waals surface area contributed by atoms with E-state index in [2.05, 4.69) is 40.7 Å². The SMILES string of the molecule is CCCCOc1cc2c(cc1C(=O)c1ccc(C(=O)OC)cc1)C(C)(C)CCC2(C)C. The van der Waals surface area contributed by atoms with Crippen molar-refractivity contribution in [1.82, 2.24) is 0 Å². The molecule has 2 aromatic rings. The second-order valence-corrected chi connectivity index (χ2v) is 9.76. The summed E-state index contributed by atoms with van der Waals surface area (Å²) in [4.78, 5) is 25.2. The molecule has 1 aliphatic rings. The maximum atomic E-state index is 13.5.